The number of hydrogen-bond acceptors (Lipinski definition) is 8. The van der Waals surface area contributed by atoms with Gasteiger partial charge in [0.2, 0.25) is 0 Å². The second-order valence-corrected chi connectivity index (χ2v) is 8.05. The molecule has 32 heavy (non-hydrogen) atoms. The minimum Gasteiger partial charge on any atom is -0.373 e. The molecule has 0 bridgehead atoms. The number of anilines is 1. The highest BCUT2D eigenvalue weighted by atomic mass is 32.1. The van der Waals surface area contributed by atoms with Crippen LogP contribution in [0.1, 0.15) is 15.4 Å². The van der Waals surface area contributed by atoms with Crippen molar-refractivity contribution < 1.29 is 4.79 Å². The van der Waals surface area contributed by atoms with Gasteiger partial charge >= 0.3 is 0 Å². The van der Waals surface area contributed by atoms with Crippen LogP contribution >= 0.6 is 11.3 Å². The number of hydrogen-bond donors (Lipinski definition) is 1. The molecule has 0 aliphatic rings. The number of fused-ring (bicyclic) bond motifs is 1. The summed E-state index contributed by atoms with van der Waals surface area (Å²) in [6.45, 7) is 0. The Kier molecular flexibility index (Phi) is 5.35. The summed E-state index contributed by atoms with van der Waals surface area (Å²) in [4.78, 5) is 26.2. The summed E-state index contributed by atoms with van der Waals surface area (Å²) < 4.78 is 0. The number of nitrogens with one attached hydrogen (secondary N) is 1. The van der Waals surface area contributed by atoms with Crippen LogP contribution in [0.3, 0.4) is 0 Å². The second-order valence-electron chi connectivity index (χ2n) is 7.13. The Morgan fingerprint density at radius 3 is 2.66 bits per heavy atom. The lowest BCUT2D eigenvalue weighted by atomic mass is 9.99. The Labute approximate surface area is 188 Å². The summed E-state index contributed by atoms with van der Waals surface area (Å²) in [6, 6.07) is 17.5. The molecule has 0 atom stereocenters. The maximum Gasteiger partial charge on any atom is 0.169 e. The van der Waals surface area contributed by atoms with E-state index in [-0.39, 0.29) is 12.2 Å². The van der Waals surface area contributed by atoms with Crippen LogP contribution in [0.5, 0.6) is 0 Å². The summed E-state index contributed by atoms with van der Waals surface area (Å²) in [5, 5.41) is 12.6. The molecular formula is C24H18N6OS. The molecule has 7 nitrogen and oxygen atoms in total. The Balaban J connectivity index is 1.52. The van der Waals surface area contributed by atoms with Crippen LogP contribution in [0.4, 0.5) is 5.82 Å². The number of pyridine rings is 1. The highest BCUT2D eigenvalue weighted by Crippen LogP contribution is 2.30. The van der Waals surface area contributed by atoms with Crippen LogP contribution in [0, 0.1) is 0 Å². The first-order valence-electron chi connectivity index (χ1n) is 10.00. The molecule has 0 saturated heterocycles. The van der Waals surface area contributed by atoms with Gasteiger partial charge in [-0.15, -0.1) is 21.5 Å². The third-order valence-electron chi connectivity index (χ3n) is 5.09. The van der Waals surface area contributed by atoms with Gasteiger partial charge in [-0.25, -0.2) is 9.97 Å². The average molecular weight is 439 g/mol. The molecule has 0 spiro atoms. The Hall–Kier alpha value is -4.04. The summed E-state index contributed by atoms with van der Waals surface area (Å²) in [5.41, 5.74) is 5.91. The average Bonchev–Trinajstić information content (AvgIpc) is 3.36. The molecule has 0 unspecified atom stereocenters. The fourth-order valence-corrected chi connectivity index (χ4v) is 4.03. The van der Waals surface area contributed by atoms with Gasteiger partial charge in [0.05, 0.1) is 11.9 Å². The molecule has 2 aromatic carbocycles. The molecule has 5 rings (SSSR count). The van der Waals surface area contributed by atoms with Crippen molar-refractivity contribution in [1.29, 1.82) is 0 Å². The van der Waals surface area contributed by atoms with E-state index in [0.717, 1.165) is 33.4 Å². The molecule has 3 heterocycles. The van der Waals surface area contributed by atoms with Crippen molar-refractivity contribution in [2.75, 3.05) is 12.4 Å². The van der Waals surface area contributed by atoms with Crippen molar-refractivity contribution in [3.8, 4) is 22.5 Å². The van der Waals surface area contributed by atoms with Gasteiger partial charge in [-0.3, -0.25) is 9.78 Å². The van der Waals surface area contributed by atoms with Crippen LogP contribution in [-0.4, -0.2) is 38.0 Å². The number of aromatic nitrogens is 5. The fraction of sp³-hybridized carbons (Fsp3) is 0.0833. The van der Waals surface area contributed by atoms with Crippen molar-refractivity contribution in [3.63, 3.8) is 0 Å². The standard InChI is InChI=1S/C24H18N6OS/c1-25-24-19-11-16(7-8-20(19)28-23(29-24)18-6-3-9-26-13-18)15-4-2-5-17(10-15)21(31)12-22-30-27-14-32-22/h2-11,13-14H,12H2,1H3,(H,25,28,29). The number of benzene rings is 2. The molecule has 8 heteroatoms. The number of carbonyl (C=O) groups excluding carboxylic acids is 1. The van der Waals surface area contributed by atoms with Gasteiger partial charge in [0.15, 0.2) is 11.6 Å². The van der Waals surface area contributed by atoms with Gasteiger partial charge in [-0.05, 0) is 41.5 Å². The topological polar surface area (TPSA) is 93.6 Å². The van der Waals surface area contributed by atoms with Gasteiger partial charge < -0.3 is 5.32 Å². The SMILES string of the molecule is CNc1nc(-c2cccnc2)nc2ccc(-c3cccc(C(=O)Cc4nncs4)c3)cc12. The van der Waals surface area contributed by atoms with Gasteiger partial charge in [0.1, 0.15) is 16.3 Å². The van der Waals surface area contributed by atoms with E-state index in [2.05, 4.69) is 25.5 Å². The number of nitrogens with zero attached hydrogens (tertiary/aromatic N) is 5. The molecule has 1 N–H and O–H groups in total. The van der Waals surface area contributed by atoms with Crippen LogP contribution in [-0.2, 0) is 6.42 Å². The van der Waals surface area contributed by atoms with Crippen LogP contribution in [0.25, 0.3) is 33.4 Å². The second kappa shape index (κ2) is 8.60. The number of rotatable bonds is 6. The highest BCUT2D eigenvalue weighted by molar-refractivity contribution is 7.09. The lowest BCUT2D eigenvalue weighted by molar-refractivity contribution is 0.0992. The van der Waals surface area contributed by atoms with Gasteiger partial charge in [0.25, 0.3) is 0 Å². The molecule has 0 aliphatic carbocycles. The van der Waals surface area contributed by atoms with Crippen LogP contribution in [0.15, 0.2) is 72.5 Å². The summed E-state index contributed by atoms with van der Waals surface area (Å²) in [6.07, 6.45) is 3.72. The van der Waals surface area contributed by atoms with E-state index >= 15 is 0 Å². The van der Waals surface area contributed by atoms with E-state index in [4.69, 9.17) is 4.98 Å². The summed E-state index contributed by atoms with van der Waals surface area (Å²) >= 11 is 1.38. The van der Waals surface area contributed by atoms with E-state index in [1.165, 1.54) is 11.3 Å². The Bertz CT molecular complexity index is 1400. The molecule has 0 radical (unpaired) electrons. The van der Waals surface area contributed by atoms with Crippen LogP contribution < -0.4 is 5.32 Å². The Morgan fingerprint density at radius 2 is 1.88 bits per heavy atom. The van der Waals surface area contributed by atoms with E-state index in [1.54, 1.807) is 17.9 Å². The molecule has 156 valence electrons. The predicted octanol–water partition coefficient (Wildman–Crippen LogP) is 4.68. The van der Waals surface area contributed by atoms with Gasteiger partial charge in [-0.2, -0.15) is 0 Å². The van der Waals surface area contributed by atoms with Gasteiger partial charge in [-0.1, -0.05) is 24.3 Å². The summed E-state index contributed by atoms with van der Waals surface area (Å²) in [5.74, 6) is 1.37. The van der Waals surface area contributed by atoms with Crippen LogP contribution in [0.2, 0.25) is 0 Å². The fourth-order valence-electron chi connectivity index (χ4n) is 3.51. The minimum atomic E-state index is 0.0183. The van der Waals surface area contributed by atoms with Crippen molar-refractivity contribution in [2.45, 2.75) is 6.42 Å². The monoisotopic (exact) mass is 438 g/mol. The molecular weight excluding hydrogens is 420 g/mol. The first kappa shape index (κ1) is 19.9. The van der Waals surface area contributed by atoms with Crippen molar-refractivity contribution in [3.05, 3.63) is 83.1 Å². The molecule has 0 saturated carbocycles. The van der Waals surface area contributed by atoms with Crippen molar-refractivity contribution >= 4 is 33.8 Å². The molecule has 3 aromatic heterocycles. The molecule has 0 amide bonds. The van der Waals surface area contributed by atoms with E-state index in [9.17, 15) is 4.79 Å². The zero-order chi connectivity index (χ0) is 21.9. The third kappa shape index (κ3) is 3.95. The lowest BCUT2D eigenvalue weighted by Gasteiger charge is -2.11. The number of carbonyl (C=O) groups is 1. The molecule has 0 aliphatic heterocycles. The first-order valence-corrected chi connectivity index (χ1v) is 10.9. The third-order valence-corrected chi connectivity index (χ3v) is 5.78. The summed E-state index contributed by atoms with van der Waals surface area (Å²) in [7, 11) is 1.84. The number of Topliss-reactive ketones (excluding diaryl/α,β-unsaturated/α-hetero) is 1. The van der Waals surface area contributed by atoms with E-state index in [1.807, 2.05) is 61.6 Å². The predicted molar refractivity (Wildman–Crippen MR) is 126 cm³/mol. The van der Waals surface area contributed by atoms with Crippen molar-refractivity contribution in [2.24, 2.45) is 0 Å². The number of ketones is 1. The highest BCUT2D eigenvalue weighted by Gasteiger charge is 2.13. The maximum absolute atomic E-state index is 12.7. The largest absolute Gasteiger partial charge is 0.373 e. The zero-order valence-electron chi connectivity index (χ0n) is 17.2. The lowest BCUT2D eigenvalue weighted by Crippen LogP contribution is -2.03. The van der Waals surface area contributed by atoms with Crippen molar-refractivity contribution in [1.82, 2.24) is 25.1 Å². The normalized spacial score (nSPS) is 10.9. The maximum atomic E-state index is 12.7. The first-order chi connectivity index (χ1) is 15.7. The van der Waals surface area contributed by atoms with E-state index in [0.29, 0.717) is 16.4 Å². The zero-order valence-corrected chi connectivity index (χ0v) is 18.0. The smallest absolute Gasteiger partial charge is 0.169 e. The Morgan fingerprint density at radius 1 is 1.00 bits per heavy atom. The molecule has 0 fully saturated rings. The minimum absolute atomic E-state index is 0.0183. The van der Waals surface area contributed by atoms with E-state index < -0.39 is 0 Å². The quantitative estimate of drug-likeness (QED) is 0.385. The van der Waals surface area contributed by atoms with Gasteiger partial charge in [0, 0.05) is 36.0 Å². The molecule has 5 aromatic rings.